The standard InChI is InChI=1S/C7H2F5NO2/c8-3-2(1-13(14)15)4(9)6(11)7(12)5(3)10/h1H2/i13+1. The lowest BCUT2D eigenvalue weighted by atomic mass is 10.2. The molecule has 0 atom stereocenters. The summed E-state index contributed by atoms with van der Waals surface area (Å²) < 4.78 is 62.9. The molecular weight excluding hydrogens is 226 g/mol. The normalized spacial score (nSPS) is 10.5. The van der Waals surface area contributed by atoms with Gasteiger partial charge < -0.3 is 0 Å². The maximum Gasteiger partial charge on any atom is 0.234 e. The molecule has 8 heteroatoms. The molecule has 1 aromatic rings. The second-order valence-corrected chi connectivity index (χ2v) is 2.54. The van der Waals surface area contributed by atoms with Crippen molar-refractivity contribution in [2.75, 3.05) is 0 Å². The van der Waals surface area contributed by atoms with Gasteiger partial charge >= 0.3 is 0 Å². The fourth-order valence-electron chi connectivity index (χ4n) is 0.918. The zero-order chi connectivity index (χ0) is 11.7. The average molecular weight is 228 g/mol. The largest absolute Gasteiger partial charge is 0.264 e. The third-order valence-corrected chi connectivity index (χ3v) is 1.59. The number of nitrogens with zero attached hydrogens (tertiary/aromatic N) is 1. The van der Waals surface area contributed by atoms with Crippen LogP contribution in [-0.4, -0.2) is 4.92 Å². The molecule has 1 rings (SSSR count). The summed E-state index contributed by atoms with van der Waals surface area (Å²) in [6.45, 7) is -1.47. The average Bonchev–Trinajstić information content (AvgIpc) is 2.18. The molecule has 0 aromatic heterocycles. The second-order valence-electron chi connectivity index (χ2n) is 2.54. The predicted molar refractivity (Wildman–Crippen MR) is 36.9 cm³/mol. The van der Waals surface area contributed by atoms with E-state index in [0.29, 0.717) is 0 Å². The van der Waals surface area contributed by atoms with Gasteiger partial charge in [-0.2, -0.15) is 0 Å². The zero-order valence-corrected chi connectivity index (χ0v) is 6.86. The minimum absolute atomic E-state index is 1.20. The van der Waals surface area contributed by atoms with E-state index in [1.165, 1.54) is 0 Å². The molecule has 0 N–H and O–H groups in total. The van der Waals surface area contributed by atoms with Gasteiger partial charge in [0.2, 0.25) is 12.4 Å². The smallest absolute Gasteiger partial charge is 0.234 e. The molecule has 0 heterocycles. The number of halogens is 5. The molecule has 0 aliphatic rings. The van der Waals surface area contributed by atoms with Crippen LogP contribution in [0.4, 0.5) is 22.0 Å². The maximum absolute atomic E-state index is 12.7. The third-order valence-electron chi connectivity index (χ3n) is 1.59. The Morgan fingerprint density at radius 2 is 1.20 bits per heavy atom. The monoisotopic (exact) mass is 228 g/mol. The van der Waals surface area contributed by atoms with E-state index in [1.54, 1.807) is 0 Å². The van der Waals surface area contributed by atoms with Gasteiger partial charge in [0.15, 0.2) is 23.3 Å². The molecule has 1 aromatic carbocycles. The van der Waals surface area contributed by atoms with Crippen LogP contribution in [-0.2, 0) is 6.54 Å². The van der Waals surface area contributed by atoms with Crippen LogP contribution in [0.25, 0.3) is 0 Å². The van der Waals surface area contributed by atoms with E-state index in [9.17, 15) is 32.1 Å². The van der Waals surface area contributed by atoms with Crippen molar-refractivity contribution in [2.24, 2.45) is 0 Å². The van der Waals surface area contributed by atoms with E-state index in [2.05, 4.69) is 0 Å². The number of hydrogen-bond acceptors (Lipinski definition) is 2. The van der Waals surface area contributed by atoms with Crippen molar-refractivity contribution in [3.05, 3.63) is 44.8 Å². The number of benzene rings is 1. The van der Waals surface area contributed by atoms with Crippen LogP contribution in [0.2, 0.25) is 0 Å². The van der Waals surface area contributed by atoms with Gasteiger partial charge in [0, 0.05) is 4.92 Å². The summed E-state index contributed by atoms with van der Waals surface area (Å²) >= 11 is 0. The Bertz CT molecular complexity index is 405. The van der Waals surface area contributed by atoms with Crippen molar-refractivity contribution in [3.8, 4) is 0 Å². The molecule has 0 bridgehead atoms. The number of nitro groups is 1. The lowest BCUT2D eigenvalue weighted by Gasteiger charge is -2.03. The van der Waals surface area contributed by atoms with Crippen molar-refractivity contribution in [2.45, 2.75) is 6.54 Å². The fraction of sp³-hybridized carbons (Fsp3) is 0.143. The molecule has 3 nitrogen and oxygen atoms in total. The summed E-state index contributed by atoms with van der Waals surface area (Å²) in [5, 5.41) is 9.91. The summed E-state index contributed by atoms with van der Waals surface area (Å²) in [4.78, 5) is 8.72. The van der Waals surface area contributed by atoms with E-state index in [-0.39, 0.29) is 0 Å². The van der Waals surface area contributed by atoms with Crippen molar-refractivity contribution in [3.63, 3.8) is 0 Å². The van der Waals surface area contributed by atoms with Crippen LogP contribution < -0.4 is 0 Å². The van der Waals surface area contributed by atoms with Gasteiger partial charge in [0.1, 0.15) is 5.56 Å². The Hall–Kier alpha value is -1.73. The van der Waals surface area contributed by atoms with E-state index in [0.717, 1.165) is 0 Å². The summed E-state index contributed by atoms with van der Waals surface area (Å²) in [7, 11) is 0. The Morgan fingerprint density at radius 1 is 0.867 bits per heavy atom. The second kappa shape index (κ2) is 3.79. The Balaban J connectivity index is 3.45. The molecule has 0 radical (unpaired) electrons. The summed E-state index contributed by atoms with van der Waals surface area (Å²) in [5.41, 5.74) is -1.45. The first-order valence-electron chi connectivity index (χ1n) is 3.48. The first kappa shape index (κ1) is 11.3. The molecule has 0 aliphatic heterocycles. The van der Waals surface area contributed by atoms with Crippen molar-refractivity contribution >= 4 is 0 Å². The minimum atomic E-state index is -2.34. The van der Waals surface area contributed by atoms with Crippen LogP contribution in [0.1, 0.15) is 5.56 Å². The van der Waals surface area contributed by atoms with Crippen LogP contribution in [0.5, 0.6) is 0 Å². The topological polar surface area (TPSA) is 43.1 Å². The van der Waals surface area contributed by atoms with Crippen LogP contribution in [0.3, 0.4) is 0 Å². The molecule has 0 aliphatic carbocycles. The molecular formula is C7H2F5NO2. The Kier molecular flexibility index (Phi) is 2.87. The van der Waals surface area contributed by atoms with E-state index >= 15 is 0 Å². The molecule has 0 unspecified atom stereocenters. The van der Waals surface area contributed by atoms with Crippen molar-refractivity contribution in [1.29, 1.82) is 0 Å². The predicted octanol–water partition coefficient (Wildman–Crippen LogP) is 2.16. The van der Waals surface area contributed by atoms with Gasteiger partial charge in [-0.3, -0.25) is 10.1 Å². The quantitative estimate of drug-likeness (QED) is 0.194. The molecule has 0 saturated carbocycles. The zero-order valence-electron chi connectivity index (χ0n) is 6.86. The summed E-state index contributed by atoms with van der Waals surface area (Å²) in [6, 6.07) is 0. The molecule has 15 heavy (non-hydrogen) atoms. The highest BCUT2D eigenvalue weighted by Crippen LogP contribution is 2.23. The van der Waals surface area contributed by atoms with Crippen molar-refractivity contribution in [1.82, 2.24) is 0 Å². The first-order valence-corrected chi connectivity index (χ1v) is 3.48. The van der Waals surface area contributed by atoms with Gasteiger partial charge in [0.25, 0.3) is 0 Å². The van der Waals surface area contributed by atoms with Gasteiger partial charge in [-0.05, 0) is 0 Å². The van der Waals surface area contributed by atoms with E-state index < -0.39 is 46.1 Å². The Morgan fingerprint density at radius 3 is 1.53 bits per heavy atom. The lowest BCUT2D eigenvalue weighted by molar-refractivity contribution is -0.497. The highest BCUT2D eigenvalue weighted by molar-refractivity contribution is 5.23. The highest BCUT2D eigenvalue weighted by atomic mass is 19.2. The van der Waals surface area contributed by atoms with Crippen LogP contribution >= 0.6 is 0 Å². The van der Waals surface area contributed by atoms with Gasteiger partial charge in [0.05, 0.1) is 0 Å². The lowest BCUT2D eigenvalue weighted by Crippen LogP contribution is -2.10. The van der Waals surface area contributed by atoms with Gasteiger partial charge in [-0.1, -0.05) is 0 Å². The van der Waals surface area contributed by atoms with Crippen LogP contribution in [0, 0.1) is 39.2 Å². The van der Waals surface area contributed by atoms with Gasteiger partial charge in [-0.15, -0.1) is 0 Å². The highest BCUT2D eigenvalue weighted by Gasteiger charge is 2.27. The van der Waals surface area contributed by atoms with Crippen LogP contribution in [0.15, 0.2) is 0 Å². The summed E-state index contributed by atoms with van der Waals surface area (Å²) in [5.74, 6) is -11.1. The van der Waals surface area contributed by atoms with E-state index in [1.807, 2.05) is 0 Å². The summed E-state index contributed by atoms with van der Waals surface area (Å²) in [6.07, 6.45) is 0. The van der Waals surface area contributed by atoms with Gasteiger partial charge in [-0.25, -0.2) is 22.0 Å². The molecule has 0 fully saturated rings. The molecule has 82 valence electrons. The number of hydrogen-bond donors (Lipinski definition) is 0. The molecule has 0 saturated heterocycles. The SMILES string of the molecule is O=[15N+]([O-])Cc1c(F)c(F)c(F)c(F)c1F. The third kappa shape index (κ3) is 1.88. The fourth-order valence-corrected chi connectivity index (χ4v) is 0.918. The first-order chi connectivity index (χ1) is 6.86. The van der Waals surface area contributed by atoms with Crippen molar-refractivity contribution < 1.29 is 26.9 Å². The minimum Gasteiger partial charge on any atom is -0.264 e. The Labute approximate surface area is 79.3 Å². The van der Waals surface area contributed by atoms with E-state index in [4.69, 9.17) is 0 Å². The maximum atomic E-state index is 12.7. The molecule has 0 amide bonds. The molecule has 0 spiro atoms. The number of rotatable bonds is 2.